The van der Waals surface area contributed by atoms with Crippen molar-refractivity contribution < 1.29 is 14.3 Å². The predicted molar refractivity (Wildman–Crippen MR) is 86.7 cm³/mol. The molecular formula is C15H26O3S2. The minimum atomic E-state index is -0.407. The maximum atomic E-state index is 13.5. The average molecular weight is 319 g/mol. The number of rotatable bonds is 4. The maximum Gasteiger partial charge on any atom is 0.170 e. The molecule has 2 aliphatic rings. The number of ketones is 1. The van der Waals surface area contributed by atoms with E-state index >= 15 is 0 Å². The van der Waals surface area contributed by atoms with Gasteiger partial charge < -0.3 is 9.47 Å². The molecule has 0 N–H and O–H groups in total. The highest BCUT2D eigenvalue weighted by molar-refractivity contribution is 8.03. The second-order valence-corrected chi connectivity index (χ2v) is 9.07. The molecule has 2 atom stereocenters. The molecule has 0 spiro atoms. The molecule has 0 aromatic heterocycles. The van der Waals surface area contributed by atoms with Crippen LogP contribution in [0.5, 0.6) is 0 Å². The second kappa shape index (κ2) is 6.59. The van der Waals surface area contributed by atoms with E-state index < -0.39 is 9.49 Å². The van der Waals surface area contributed by atoms with E-state index in [1.807, 2.05) is 0 Å². The van der Waals surface area contributed by atoms with Gasteiger partial charge in [-0.2, -0.15) is 0 Å². The fourth-order valence-corrected chi connectivity index (χ4v) is 5.73. The van der Waals surface area contributed by atoms with Gasteiger partial charge in [-0.15, -0.1) is 23.5 Å². The van der Waals surface area contributed by atoms with Gasteiger partial charge in [-0.1, -0.05) is 27.7 Å². The van der Waals surface area contributed by atoms with Crippen LogP contribution in [0, 0.1) is 11.8 Å². The fourth-order valence-electron chi connectivity index (χ4n) is 2.91. The van der Waals surface area contributed by atoms with E-state index in [0.717, 1.165) is 24.7 Å². The summed E-state index contributed by atoms with van der Waals surface area (Å²) in [5, 5.41) is 0. The van der Waals surface area contributed by atoms with Gasteiger partial charge in [0.25, 0.3) is 0 Å². The summed E-state index contributed by atoms with van der Waals surface area (Å²) in [4.78, 5) is 13.5. The zero-order valence-electron chi connectivity index (χ0n) is 12.9. The summed E-state index contributed by atoms with van der Waals surface area (Å²) < 4.78 is 10.6. The Balaban J connectivity index is 2.33. The summed E-state index contributed by atoms with van der Waals surface area (Å²) in [6.07, 6.45) is 0. The lowest BCUT2D eigenvalue weighted by Crippen LogP contribution is -2.61. The fraction of sp³-hybridized carbons (Fsp3) is 0.933. The van der Waals surface area contributed by atoms with Crippen molar-refractivity contribution in [2.24, 2.45) is 11.8 Å². The Labute approximate surface area is 130 Å². The molecule has 0 bridgehead atoms. The summed E-state index contributed by atoms with van der Waals surface area (Å²) in [5.41, 5.74) is 0. The lowest BCUT2D eigenvalue weighted by Gasteiger charge is -2.47. The van der Waals surface area contributed by atoms with Crippen LogP contribution in [0.3, 0.4) is 0 Å². The van der Waals surface area contributed by atoms with Crippen LogP contribution in [0.1, 0.15) is 27.7 Å². The molecule has 5 heteroatoms. The van der Waals surface area contributed by atoms with E-state index in [2.05, 4.69) is 27.7 Å². The van der Waals surface area contributed by atoms with E-state index in [1.54, 1.807) is 23.5 Å². The van der Waals surface area contributed by atoms with Crippen molar-refractivity contribution in [1.29, 1.82) is 0 Å². The quantitative estimate of drug-likeness (QED) is 0.796. The molecule has 2 rings (SSSR count). The molecule has 2 fully saturated rings. The molecule has 3 nitrogen and oxygen atoms in total. The maximum absolute atomic E-state index is 13.5. The molecule has 2 heterocycles. The zero-order chi connectivity index (χ0) is 14.8. The first-order chi connectivity index (χ1) is 9.46. The van der Waals surface area contributed by atoms with E-state index in [0.29, 0.717) is 19.0 Å². The number of hydrogen-bond donors (Lipinski definition) is 0. The van der Waals surface area contributed by atoms with Crippen LogP contribution >= 0.6 is 23.5 Å². The lowest BCUT2D eigenvalue weighted by atomic mass is 9.79. The van der Waals surface area contributed by atoms with E-state index in [9.17, 15) is 4.79 Å². The van der Waals surface area contributed by atoms with Crippen molar-refractivity contribution in [3.05, 3.63) is 0 Å². The third-order valence-corrected chi connectivity index (χ3v) is 7.76. The molecule has 2 aliphatic heterocycles. The Morgan fingerprint density at radius 3 is 1.55 bits per heavy atom. The molecule has 2 unspecified atom stereocenters. The minimum absolute atomic E-state index is 0.276. The first-order valence-electron chi connectivity index (χ1n) is 7.44. The molecule has 2 saturated heterocycles. The summed E-state index contributed by atoms with van der Waals surface area (Å²) in [5.74, 6) is 2.70. The Kier molecular flexibility index (Phi) is 5.49. The van der Waals surface area contributed by atoms with Crippen molar-refractivity contribution in [3.8, 4) is 0 Å². The molecule has 0 radical (unpaired) electrons. The van der Waals surface area contributed by atoms with Gasteiger partial charge in [0.1, 0.15) is 9.49 Å². The summed E-state index contributed by atoms with van der Waals surface area (Å²) in [6.45, 7) is 11.2. The van der Waals surface area contributed by atoms with Crippen LogP contribution in [0.4, 0.5) is 0 Å². The zero-order valence-corrected chi connectivity index (χ0v) is 14.6. The van der Waals surface area contributed by atoms with Gasteiger partial charge in [0.15, 0.2) is 5.78 Å². The number of carbonyl (C=O) groups is 1. The highest BCUT2D eigenvalue weighted by Crippen LogP contribution is 2.47. The predicted octanol–water partition coefficient (Wildman–Crippen LogP) is 2.87. The summed E-state index contributed by atoms with van der Waals surface area (Å²) >= 11 is 3.59. The topological polar surface area (TPSA) is 35.5 Å². The number of thioether (sulfide) groups is 2. The third kappa shape index (κ3) is 2.79. The Morgan fingerprint density at radius 1 is 0.900 bits per heavy atom. The molecular weight excluding hydrogens is 292 g/mol. The smallest absolute Gasteiger partial charge is 0.170 e. The van der Waals surface area contributed by atoms with Gasteiger partial charge in [-0.25, -0.2) is 0 Å². The van der Waals surface area contributed by atoms with E-state index in [1.165, 1.54) is 0 Å². The minimum Gasteiger partial charge on any atom is -0.379 e. The van der Waals surface area contributed by atoms with Crippen LogP contribution < -0.4 is 0 Å². The second-order valence-electron chi connectivity index (χ2n) is 6.22. The van der Waals surface area contributed by atoms with Crippen molar-refractivity contribution in [2.45, 2.75) is 37.2 Å². The molecule has 0 aliphatic carbocycles. The van der Waals surface area contributed by atoms with Crippen molar-refractivity contribution in [3.63, 3.8) is 0 Å². The van der Waals surface area contributed by atoms with Gasteiger partial charge in [0.2, 0.25) is 0 Å². The Bertz CT molecular complexity index is 311. The van der Waals surface area contributed by atoms with Crippen LogP contribution in [-0.2, 0) is 14.3 Å². The Morgan fingerprint density at radius 2 is 1.30 bits per heavy atom. The monoisotopic (exact) mass is 318 g/mol. The first kappa shape index (κ1) is 16.7. The van der Waals surface area contributed by atoms with Crippen molar-refractivity contribution in [2.75, 3.05) is 37.9 Å². The molecule has 0 amide bonds. The van der Waals surface area contributed by atoms with Crippen LogP contribution in [0.2, 0.25) is 0 Å². The van der Waals surface area contributed by atoms with Crippen LogP contribution in [0.15, 0.2) is 0 Å². The van der Waals surface area contributed by atoms with Crippen LogP contribution in [-0.4, -0.2) is 53.2 Å². The summed E-state index contributed by atoms with van der Waals surface area (Å²) in [7, 11) is 0. The molecule has 0 aromatic carbocycles. The largest absolute Gasteiger partial charge is 0.379 e. The van der Waals surface area contributed by atoms with Crippen molar-refractivity contribution in [1.82, 2.24) is 0 Å². The number of carbonyl (C=O) groups excluding carboxylic acids is 1. The molecule has 0 aromatic rings. The Hall–Kier alpha value is 0.290. The number of Topliss-reactive ketones (excluding diaryl/α,β-unsaturated/α-hetero) is 1. The SMILES string of the molecule is CC(C)C1(C(=O)C2(C(C)C)COCCS2)COCCS1. The van der Waals surface area contributed by atoms with Gasteiger partial charge in [-0.05, 0) is 11.8 Å². The molecule has 0 saturated carbocycles. The average Bonchev–Trinajstić information content (AvgIpc) is 2.47. The normalized spacial score (nSPS) is 35.5. The van der Waals surface area contributed by atoms with Gasteiger partial charge in [0, 0.05) is 11.5 Å². The number of ether oxygens (including phenoxy) is 2. The number of hydrogen-bond acceptors (Lipinski definition) is 5. The standard InChI is InChI=1S/C15H26O3S2/c1-11(2)14(9-17-5-7-19-14)13(16)15(12(3)4)10-18-6-8-20-15/h11-12H,5-10H2,1-4H3. The highest BCUT2D eigenvalue weighted by atomic mass is 32.2. The van der Waals surface area contributed by atoms with Gasteiger partial charge >= 0.3 is 0 Å². The summed E-state index contributed by atoms with van der Waals surface area (Å²) in [6, 6.07) is 0. The van der Waals surface area contributed by atoms with Crippen LogP contribution in [0.25, 0.3) is 0 Å². The van der Waals surface area contributed by atoms with E-state index in [4.69, 9.17) is 9.47 Å². The lowest BCUT2D eigenvalue weighted by molar-refractivity contribution is -0.130. The van der Waals surface area contributed by atoms with Crippen molar-refractivity contribution >= 4 is 29.3 Å². The van der Waals surface area contributed by atoms with Gasteiger partial charge in [-0.3, -0.25) is 4.79 Å². The highest BCUT2D eigenvalue weighted by Gasteiger charge is 2.55. The van der Waals surface area contributed by atoms with E-state index in [-0.39, 0.29) is 11.8 Å². The van der Waals surface area contributed by atoms with Gasteiger partial charge in [0.05, 0.1) is 26.4 Å². The first-order valence-corrected chi connectivity index (χ1v) is 9.41. The third-order valence-electron chi connectivity index (χ3n) is 4.44. The molecule has 20 heavy (non-hydrogen) atoms. The molecule has 116 valence electrons.